The van der Waals surface area contributed by atoms with Gasteiger partial charge < -0.3 is 14.2 Å². The zero-order valence-corrected chi connectivity index (χ0v) is 23.8. The third-order valence-electron chi connectivity index (χ3n) is 6.43. The summed E-state index contributed by atoms with van der Waals surface area (Å²) >= 11 is 7.39. The van der Waals surface area contributed by atoms with Gasteiger partial charge in [0.2, 0.25) is 0 Å². The van der Waals surface area contributed by atoms with Gasteiger partial charge in [0, 0.05) is 5.02 Å². The van der Waals surface area contributed by atoms with Crippen LogP contribution in [0.25, 0.3) is 6.08 Å². The standard InChI is InChI=1S/C31H27ClN2O5S/c1-4-38-30(36)27-19(2)33-31-34(28(27)22-11-13-23(32)14-12-22)29(35)26(40-31)17-21-10-15-24(25(16-21)37-3)39-18-20-8-6-5-7-9-20/h5-17,28H,4,18H2,1-3H3/b26-17+. The first-order valence-electron chi connectivity index (χ1n) is 12.7. The molecule has 2 heterocycles. The minimum Gasteiger partial charge on any atom is -0.493 e. The van der Waals surface area contributed by atoms with E-state index < -0.39 is 12.0 Å². The summed E-state index contributed by atoms with van der Waals surface area (Å²) in [4.78, 5) is 31.9. The lowest BCUT2D eigenvalue weighted by Gasteiger charge is -2.24. The Balaban J connectivity index is 1.55. The number of methoxy groups -OCH3 is 1. The van der Waals surface area contributed by atoms with E-state index in [-0.39, 0.29) is 12.2 Å². The molecule has 5 rings (SSSR count). The van der Waals surface area contributed by atoms with Gasteiger partial charge in [0.25, 0.3) is 5.56 Å². The monoisotopic (exact) mass is 574 g/mol. The van der Waals surface area contributed by atoms with Crippen molar-refractivity contribution in [2.24, 2.45) is 4.99 Å². The smallest absolute Gasteiger partial charge is 0.338 e. The molecule has 1 aromatic heterocycles. The van der Waals surface area contributed by atoms with E-state index in [1.54, 1.807) is 55.9 Å². The molecule has 0 spiro atoms. The molecular formula is C31H27ClN2O5S. The second-order valence-corrected chi connectivity index (χ2v) is 10.5. The Morgan fingerprint density at radius 1 is 1.07 bits per heavy atom. The Bertz CT molecular complexity index is 1760. The van der Waals surface area contributed by atoms with E-state index >= 15 is 0 Å². The number of carbonyl (C=O) groups excluding carboxylic acids is 1. The molecule has 1 unspecified atom stereocenters. The fourth-order valence-electron chi connectivity index (χ4n) is 4.53. The van der Waals surface area contributed by atoms with Gasteiger partial charge in [-0.2, -0.15) is 0 Å². The summed E-state index contributed by atoms with van der Waals surface area (Å²) in [6.45, 7) is 4.11. The number of fused-ring (bicyclic) bond motifs is 1. The summed E-state index contributed by atoms with van der Waals surface area (Å²) in [5, 5.41) is 0.555. The molecule has 4 aromatic rings. The van der Waals surface area contributed by atoms with Crippen LogP contribution in [0.5, 0.6) is 11.5 Å². The summed E-state index contributed by atoms with van der Waals surface area (Å²) in [7, 11) is 1.58. The van der Waals surface area contributed by atoms with E-state index in [4.69, 9.17) is 25.8 Å². The molecule has 0 N–H and O–H groups in total. The number of hydrogen-bond donors (Lipinski definition) is 0. The predicted octanol–water partition coefficient (Wildman–Crippen LogP) is 5.04. The first-order valence-corrected chi connectivity index (χ1v) is 13.9. The van der Waals surface area contributed by atoms with Gasteiger partial charge in [-0.05, 0) is 60.9 Å². The summed E-state index contributed by atoms with van der Waals surface area (Å²) in [6.07, 6.45) is 1.79. The number of benzene rings is 3. The highest BCUT2D eigenvalue weighted by molar-refractivity contribution is 7.07. The van der Waals surface area contributed by atoms with E-state index in [9.17, 15) is 9.59 Å². The minimum absolute atomic E-state index is 0.209. The van der Waals surface area contributed by atoms with Crippen LogP contribution in [0.15, 0.2) is 93.9 Å². The summed E-state index contributed by atoms with van der Waals surface area (Å²) < 4.78 is 18.9. The average molecular weight is 575 g/mol. The Hall–Kier alpha value is -4.14. The van der Waals surface area contributed by atoms with Crippen molar-refractivity contribution in [1.29, 1.82) is 0 Å². The van der Waals surface area contributed by atoms with Gasteiger partial charge in [0.05, 0.1) is 35.6 Å². The van der Waals surface area contributed by atoms with E-state index in [1.165, 1.54) is 11.3 Å². The van der Waals surface area contributed by atoms with Crippen LogP contribution in [0, 0.1) is 0 Å². The van der Waals surface area contributed by atoms with Gasteiger partial charge in [-0.3, -0.25) is 9.36 Å². The number of halogens is 1. The van der Waals surface area contributed by atoms with Crippen LogP contribution < -0.4 is 24.4 Å². The molecule has 7 nitrogen and oxygen atoms in total. The highest BCUT2D eigenvalue weighted by Crippen LogP contribution is 2.32. The van der Waals surface area contributed by atoms with Crippen LogP contribution in [-0.4, -0.2) is 24.3 Å². The van der Waals surface area contributed by atoms with E-state index in [1.807, 2.05) is 48.5 Å². The van der Waals surface area contributed by atoms with Crippen LogP contribution in [0.2, 0.25) is 5.02 Å². The number of ether oxygens (including phenoxy) is 3. The maximum Gasteiger partial charge on any atom is 0.338 e. The molecular weight excluding hydrogens is 548 g/mol. The molecule has 204 valence electrons. The van der Waals surface area contributed by atoms with Gasteiger partial charge in [-0.25, -0.2) is 9.79 Å². The van der Waals surface area contributed by atoms with Crippen molar-refractivity contribution in [3.8, 4) is 11.5 Å². The van der Waals surface area contributed by atoms with E-state index in [0.29, 0.717) is 43.7 Å². The van der Waals surface area contributed by atoms with Gasteiger partial charge in [0.15, 0.2) is 16.3 Å². The summed E-state index contributed by atoms with van der Waals surface area (Å²) in [5.41, 5.74) is 3.11. The average Bonchev–Trinajstić information content (AvgIpc) is 3.26. The Labute approximate surface area is 240 Å². The molecule has 1 aliphatic heterocycles. The normalized spacial score (nSPS) is 14.9. The number of esters is 1. The van der Waals surface area contributed by atoms with Gasteiger partial charge in [-0.15, -0.1) is 0 Å². The molecule has 0 aliphatic carbocycles. The molecule has 1 aliphatic rings. The molecule has 0 fully saturated rings. The van der Waals surface area contributed by atoms with Crippen molar-refractivity contribution in [2.45, 2.75) is 26.5 Å². The third kappa shape index (κ3) is 5.59. The number of nitrogens with zero attached hydrogens (tertiary/aromatic N) is 2. The second kappa shape index (κ2) is 11.9. The molecule has 0 saturated heterocycles. The first kappa shape index (κ1) is 27.4. The van der Waals surface area contributed by atoms with Crippen molar-refractivity contribution in [1.82, 2.24) is 4.57 Å². The Morgan fingerprint density at radius 3 is 2.52 bits per heavy atom. The number of thiazole rings is 1. The first-order chi connectivity index (χ1) is 19.4. The maximum absolute atomic E-state index is 13.8. The van der Waals surface area contributed by atoms with Crippen LogP contribution in [0.3, 0.4) is 0 Å². The van der Waals surface area contributed by atoms with Crippen LogP contribution >= 0.6 is 22.9 Å². The van der Waals surface area contributed by atoms with E-state index in [0.717, 1.165) is 16.7 Å². The topological polar surface area (TPSA) is 79.1 Å². The summed E-state index contributed by atoms with van der Waals surface area (Å²) in [5.74, 6) is 0.646. The lowest BCUT2D eigenvalue weighted by molar-refractivity contribution is -0.139. The number of allylic oxidation sites excluding steroid dienone is 1. The number of rotatable bonds is 8. The van der Waals surface area contributed by atoms with Gasteiger partial charge in [-0.1, -0.05) is 71.5 Å². The van der Waals surface area contributed by atoms with Gasteiger partial charge >= 0.3 is 5.97 Å². The molecule has 9 heteroatoms. The number of carbonyl (C=O) groups is 1. The quantitative estimate of drug-likeness (QED) is 0.276. The predicted molar refractivity (Wildman–Crippen MR) is 156 cm³/mol. The van der Waals surface area contributed by atoms with Crippen molar-refractivity contribution in [3.63, 3.8) is 0 Å². The fraction of sp³-hybridized carbons (Fsp3) is 0.194. The molecule has 3 aromatic carbocycles. The summed E-state index contributed by atoms with van der Waals surface area (Å²) in [6, 6.07) is 21.8. The molecule has 0 saturated carbocycles. The molecule has 40 heavy (non-hydrogen) atoms. The molecule has 0 bridgehead atoms. The number of aromatic nitrogens is 1. The molecule has 0 amide bonds. The van der Waals surface area contributed by atoms with Crippen LogP contribution in [-0.2, 0) is 16.1 Å². The zero-order chi connectivity index (χ0) is 28.2. The SMILES string of the molecule is CCOC(=O)C1=C(C)N=c2s/c(=C/c3ccc(OCc4ccccc4)c(OC)c3)c(=O)n2C1c1ccc(Cl)cc1. The lowest BCUT2D eigenvalue weighted by Crippen LogP contribution is -2.39. The van der Waals surface area contributed by atoms with Crippen molar-refractivity contribution in [3.05, 3.63) is 125 Å². The third-order valence-corrected chi connectivity index (χ3v) is 7.66. The fourth-order valence-corrected chi connectivity index (χ4v) is 5.70. The maximum atomic E-state index is 13.8. The van der Waals surface area contributed by atoms with E-state index in [2.05, 4.69) is 4.99 Å². The van der Waals surface area contributed by atoms with Crippen molar-refractivity contribution >= 4 is 35.0 Å². The second-order valence-electron chi connectivity index (χ2n) is 9.04. The molecule has 1 atom stereocenters. The molecule has 0 radical (unpaired) electrons. The Morgan fingerprint density at radius 2 is 1.82 bits per heavy atom. The zero-order valence-electron chi connectivity index (χ0n) is 22.2. The van der Waals surface area contributed by atoms with Crippen LogP contribution in [0.1, 0.15) is 36.6 Å². The number of hydrogen-bond acceptors (Lipinski definition) is 7. The Kier molecular flexibility index (Phi) is 8.19. The van der Waals surface area contributed by atoms with Crippen molar-refractivity contribution in [2.75, 3.05) is 13.7 Å². The minimum atomic E-state index is -0.696. The highest BCUT2D eigenvalue weighted by Gasteiger charge is 2.33. The largest absolute Gasteiger partial charge is 0.493 e. The highest BCUT2D eigenvalue weighted by atomic mass is 35.5. The van der Waals surface area contributed by atoms with Gasteiger partial charge in [0.1, 0.15) is 6.61 Å². The lowest BCUT2D eigenvalue weighted by atomic mass is 9.96. The van der Waals surface area contributed by atoms with Crippen LogP contribution in [0.4, 0.5) is 0 Å². The van der Waals surface area contributed by atoms with Crippen molar-refractivity contribution < 1.29 is 19.0 Å².